The Balaban J connectivity index is 1.47. The number of aromatic nitrogens is 2. The number of sulfonamides is 1. The van der Waals surface area contributed by atoms with E-state index in [2.05, 4.69) is 20.0 Å². The summed E-state index contributed by atoms with van der Waals surface area (Å²) in [5, 5.41) is 3.69. The van der Waals surface area contributed by atoms with Gasteiger partial charge in [0.15, 0.2) is 0 Å². The number of halogens is 2. The molecule has 2 aromatic heterocycles. The molecule has 0 saturated heterocycles. The number of hydrogen-bond acceptors (Lipinski definition) is 5. The number of pyridine rings is 1. The molecule has 0 bridgehead atoms. The number of amides is 1. The molecule has 1 amide bonds. The predicted molar refractivity (Wildman–Crippen MR) is 158 cm³/mol. The van der Waals surface area contributed by atoms with E-state index in [1.807, 2.05) is 30.3 Å². The van der Waals surface area contributed by atoms with Gasteiger partial charge in [0.25, 0.3) is 0 Å². The van der Waals surface area contributed by atoms with Crippen molar-refractivity contribution in [2.75, 3.05) is 18.1 Å². The van der Waals surface area contributed by atoms with E-state index in [4.69, 9.17) is 4.74 Å². The molecule has 11 heteroatoms. The molecule has 5 rings (SSSR count). The monoisotopic (exact) mass is 590 g/mol. The lowest BCUT2D eigenvalue weighted by Gasteiger charge is -2.22. The number of benzene rings is 3. The smallest absolute Gasteiger partial charge is 0.229 e. The summed E-state index contributed by atoms with van der Waals surface area (Å²) < 4.78 is 59.3. The molecule has 3 aromatic carbocycles. The summed E-state index contributed by atoms with van der Waals surface area (Å²) in [7, 11) is -1.91. The Bertz CT molecular complexity index is 1840. The maximum absolute atomic E-state index is 14.1. The Hall–Kier alpha value is -4.77. The zero-order valence-corrected chi connectivity index (χ0v) is 23.6. The van der Waals surface area contributed by atoms with Gasteiger partial charge in [0, 0.05) is 40.6 Å². The third kappa shape index (κ3) is 6.92. The fourth-order valence-corrected chi connectivity index (χ4v) is 5.47. The number of ether oxygens (including phenoxy) is 1. The SMILES string of the molecule is COc1ccc(-c2cccnc2C(Cc2cc(F)cc(F)c2)NC(=O)Cc2c[nH]c3ccc(NS(C)(=O)=O)cc23)cc1. The molecular weight excluding hydrogens is 562 g/mol. The number of carbonyl (C=O) groups excluding carboxylic acids is 1. The number of carbonyl (C=O) groups is 1. The number of nitrogens with zero attached hydrogens (tertiary/aromatic N) is 1. The molecule has 0 saturated carbocycles. The highest BCUT2D eigenvalue weighted by atomic mass is 32.2. The van der Waals surface area contributed by atoms with Gasteiger partial charge in [0.2, 0.25) is 15.9 Å². The normalized spacial score (nSPS) is 12.2. The van der Waals surface area contributed by atoms with E-state index < -0.39 is 27.7 Å². The van der Waals surface area contributed by atoms with E-state index in [-0.39, 0.29) is 18.7 Å². The molecule has 42 heavy (non-hydrogen) atoms. The summed E-state index contributed by atoms with van der Waals surface area (Å²) in [6.45, 7) is 0. The van der Waals surface area contributed by atoms with Crippen molar-refractivity contribution in [1.82, 2.24) is 15.3 Å². The maximum Gasteiger partial charge on any atom is 0.229 e. The largest absolute Gasteiger partial charge is 0.497 e. The lowest BCUT2D eigenvalue weighted by molar-refractivity contribution is -0.121. The van der Waals surface area contributed by atoms with Gasteiger partial charge in [-0.25, -0.2) is 17.2 Å². The Kier molecular flexibility index (Phi) is 8.21. The molecule has 5 aromatic rings. The minimum Gasteiger partial charge on any atom is -0.497 e. The van der Waals surface area contributed by atoms with Crippen molar-refractivity contribution in [2.24, 2.45) is 0 Å². The highest BCUT2D eigenvalue weighted by Gasteiger charge is 2.22. The van der Waals surface area contributed by atoms with Crippen LogP contribution in [0.15, 0.2) is 85.2 Å². The lowest BCUT2D eigenvalue weighted by Crippen LogP contribution is -2.32. The fraction of sp³-hybridized carbons (Fsp3) is 0.161. The summed E-state index contributed by atoms with van der Waals surface area (Å²) in [5.74, 6) is -1.11. The Morgan fingerprint density at radius 3 is 2.45 bits per heavy atom. The van der Waals surface area contributed by atoms with Crippen molar-refractivity contribution in [2.45, 2.75) is 18.9 Å². The first kappa shape index (κ1) is 28.7. The third-order valence-electron chi connectivity index (χ3n) is 6.69. The van der Waals surface area contributed by atoms with Gasteiger partial charge in [-0.2, -0.15) is 0 Å². The molecule has 216 valence electrons. The highest BCUT2D eigenvalue weighted by Crippen LogP contribution is 2.31. The van der Waals surface area contributed by atoms with Crippen LogP contribution >= 0.6 is 0 Å². The molecule has 0 aliphatic heterocycles. The second-order valence-electron chi connectivity index (χ2n) is 9.89. The average Bonchev–Trinajstić information content (AvgIpc) is 3.33. The van der Waals surface area contributed by atoms with Crippen LogP contribution in [-0.2, 0) is 27.7 Å². The van der Waals surface area contributed by atoms with Crippen molar-refractivity contribution in [3.05, 3.63) is 114 Å². The van der Waals surface area contributed by atoms with E-state index in [1.165, 1.54) is 12.1 Å². The quantitative estimate of drug-likeness (QED) is 0.198. The Labute approximate surface area is 241 Å². The topological polar surface area (TPSA) is 113 Å². The summed E-state index contributed by atoms with van der Waals surface area (Å²) in [6.07, 6.45) is 4.39. The third-order valence-corrected chi connectivity index (χ3v) is 7.30. The van der Waals surface area contributed by atoms with Crippen molar-refractivity contribution >= 4 is 32.5 Å². The number of anilines is 1. The van der Waals surface area contributed by atoms with E-state index >= 15 is 0 Å². The molecule has 0 aliphatic carbocycles. The number of fused-ring (bicyclic) bond motifs is 1. The van der Waals surface area contributed by atoms with Crippen LogP contribution < -0.4 is 14.8 Å². The Morgan fingerprint density at radius 1 is 1.02 bits per heavy atom. The molecule has 2 heterocycles. The van der Waals surface area contributed by atoms with E-state index in [9.17, 15) is 22.0 Å². The highest BCUT2D eigenvalue weighted by molar-refractivity contribution is 7.92. The summed E-state index contributed by atoms with van der Waals surface area (Å²) in [5.41, 5.74) is 4.20. The number of rotatable bonds is 10. The Morgan fingerprint density at radius 2 is 1.76 bits per heavy atom. The molecule has 0 radical (unpaired) electrons. The predicted octanol–water partition coefficient (Wildman–Crippen LogP) is 5.53. The molecule has 1 unspecified atom stereocenters. The molecule has 8 nitrogen and oxygen atoms in total. The van der Waals surface area contributed by atoms with Gasteiger partial charge in [-0.1, -0.05) is 18.2 Å². The number of nitrogens with one attached hydrogen (secondary N) is 3. The zero-order valence-electron chi connectivity index (χ0n) is 22.8. The van der Waals surface area contributed by atoms with Crippen LogP contribution in [0.1, 0.15) is 22.9 Å². The molecule has 0 fully saturated rings. The standard InChI is InChI=1S/C31H28F2N4O4S/c1-41-25-8-5-20(6-9-25)26-4-3-11-34-31(26)29(14-19-12-22(32)16-23(33)13-19)36-30(38)15-21-18-35-28-10-7-24(17-27(21)28)37-42(2,39)40/h3-13,16-18,29,35,37H,14-15H2,1-2H3,(H,36,38). The van der Waals surface area contributed by atoms with Crippen LogP contribution in [0.4, 0.5) is 14.5 Å². The molecule has 0 aliphatic rings. The number of hydrogen-bond donors (Lipinski definition) is 3. The van der Waals surface area contributed by atoms with Gasteiger partial charge in [0.05, 0.1) is 31.5 Å². The van der Waals surface area contributed by atoms with E-state index in [0.717, 1.165) is 29.0 Å². The van der Waals surface area contributed by atoms with E-state index in [0.29, 0.717) is 33.6 Å². The summed E-state index contributed by atoms with van der Waals surface area (Å²) in [6, 6.07) is 18.5. The van der Waals surface area contributed by atoms with Crippen molar-refractivity contribution in [3.8, 4) is 16.9 Å². The minimum atomic E-state index is -3.49. The van der Waals surface area contributed by atoms with E-state index in [1.54, 1.807) is 43.8 Å². The summed E-state index contributed by atoms with van der Waals surface area (Å²) >= 11 is 0. The number of methoxy groups -OCH3 is 1. The minimum absolute atomic E-state index is 0.0406. The van der Waals surface area contributed by atoms with Crippen molar-refractivity contribution in [3.63, 3.8) is 0 Å². The number of H-pyrrole nitrogens is 1. The van der Waals surface area contributed by atoms with Gasteiger partial charge in [-0.3, -0.25) is 14.5 Å². The second kappa shape index (κ2) is 12.0. The van der Waals surface area contributed by atoms with Crippen LogP contribution in [0.25, 0.3) is 22.0 Å². The van der Waals surface area contributed by atoms with Crippen LogP contribution in [-0.4, -0.2) is 37.7 Å². The van der Waals surface area contributed by atoms with Crippen LogP contribution in [0.3, 0.4) is 0 Å². The fourth-order valence-electron chi connectivity index (χ4n) is 4.91. The molecule has 3 N–H and O–H groups in total. The lowest BCUT2D eigenvalue weighted by atomic mass is 9.95. The van der Waals surface area contributed by atoms with Crippen molar-refractivity contribution < 1.29 is 26.7 Å². The number of aromatic amines is 1. The molecule has 0 spiro atoms. The summed E-state index contributed by atoms with van der Waals surface area (Å²) in [4.78, 5) is 21.2. The van der Waals surface area contributed by atoms with Gasteiger partial charge in [0.1, 0.15) is 17.4 Å². The van der Waals surface area contributed by atoms with Crippen LogP contribution in [0.5, 0.6) is 5.75 Å². The first-order valence-corrected chi connectivity index (χ1v) is 14.9. The molecular formula is C31H28F2N4O4S. The van der Waals surface area contributed by atoms with Gasteiger partial charge in [-0.15, -0.1) is 0 Å². The second-order valence-corrected chi connectivity index (χ2v) is 11.6. The van der Waals surface area contributed by atoms with Crippen LogP contribution in [0.2, 0.25) is 0 Å². The first-order chi connectivity index (χ1) is 20.1. The van der Waals surface area contributed by atoms with Crippen molar-refractivity contribution in [1.29, 1.82) is 0 Å². The van der Waals surface area contributed by atoms with Gasteiger partial charge >= 0.3 is 0 Å². The zero-order chi connectivity index (χ0) is 29.9. The average molecular weight is 591 g/mol. The van der Waals surface area contributed by atoms with Crippen LogP contribution in [0, 0.1) is 11.6 Å². The first-order valence-electron chi connectivity index (χ1n) is 13.0. The van der Waals surface area contributed by atoms with Gasteiger partial charge in [-0.05, 0) is 71.6 Å². The van der Waals surface area contributed by atoms with Gasteiger partial charge < -0.3 is 15.0 Å². The molecule has 1 atom stereocenters. The maximum atomic E-state index is 14.1.